The molecule has 0 aliphatic heterocycles. The number of oxime groups is 3. The molecule has 0 saturated carbocycles. The third kappa shape index (κ3) is 11.8. The SMILES string of the molecule is CCCCCC/C(=N\OC(C)=O)C(=O)c1ccc2c(c1)c(C(=O)/C(CCCCCC)=N/OC(C)=O)cn2-c1ccc(/C(C)=N/OC(C)=O)cc1Cl. The third-order valence-electron chi connectivity index (χ3n) is 7.87. The lowest BCUT2D eigenvalue weighted by molar-refractivity contribution is -0.141. The number of halogens is 1. The predicted molar refractivity (Wildman–Crippen MR) is 197 cm³/mol. The van der Waals surface area contributed by atoms with Crippen LogP contribution < -0.4 is 0 Å². The number of fused-ring (bicyclic) bond motifs is 1. The first-order valence-corrected chi connectivity index (χ1v) is 17.5. The number of Topliss-reactive ketones (excluding diaryl/α,β-unsaturated/α-hetero) is 2. The maximum atomic E-state index is 14.2. The molecule has 3 aromatic rings. The maximum Gasteiger partial charge on any atom is 0.331 e. The zero-order chi connectivity index (χ0) is 37.5. The second-order valence-corrected chi connectivity index (χ2v) is 12.5. The lowest BCUT2D eigenvalue weighted by atomic mass is 9.97. The second kappa shape index (κ2) is 20.0. The molecule has 0 aliphatic carbocycles. The van der Waals surface area contributed by atoms with E-state index in [0.29, 0.717) is 52.2 Å². The van der Waals surface area contributed by atoms with E-state index in [2.05, 4.69) is 29.3 Å². The van der Waals surface area contributed by atoms with Gasteiger partial charge in [-0.3, -0.25) is 9.59 Å². The fourth-order valence-electron chi connectivity index (χ4n) is 5.26. The van der Waals surface area contributed by atoms with E-state index >= 15 is 0 Å². The van der Waals surface area contributed by atoms with Crippen LogP contribution in [0.15, 0.2) is 58.1 Å². The van der Waals surface area contributed by atoms with Crippen LogP contribution in [0.4, 0.5) is 0 Å². The minimum atomic E-state index is -0.665. The van der Waals surface area contributed by atoms with E-state index in [1.54, 1.807) is 54.1 Å². The van der Waals surface area contributed by atoms with Gasteiger partial charge in [0.15, 0.2) is 0 Å². The molecule has 0 bridgehead atoms. The standard InChI is InChI=1S/C38H45ClN4O8/c1-7-9-11-13-15-33(41-50-26(5)45)37(47)29-18-19-35-30(21-29)31(38(48)34(42-51-27(6)46)16-14-12-10-8-2)23-43(35)36-20-17-28(22-32(36)39)24(3)40-49-25(4)44/h17-23H,7-16H2,1-6H3/b40-24+,41-33+,42-34+. The van der Waals surface area contributed by atoms with E-state index in [9.17, 15) is 24.0 Å². The van der Waals surface area contributed by atoms with Crippen molar-refractivity contribution in [1.29, 1.82) is 0 Å². The number of benzene rings is 2. The van der Waals surface area contributed by atoms with Crippen LogP contribution in [-0.2, 0) is 28.9 Å². The maximum absolute atomic E-state index is 14.2. The Hall–Kier alpha value is -4.97. The average Bonchev–Trinajstić information content (AvgIpc) is 3.47. The largest absolute Gasteiger partial charge is 0.331 e. The van der Waals surface area contributed by atoms with Gasteiger partial charge in [-0.05, 0) is 62.9 Å². The van der Waals surface area contributed by atoms with Gasteiger partial charge in [-0.15, -0.1) is 0 Å². The molecular formula is C38H45ClN4O8. The van der Waals surface area contributed by atoms with E-state index < -0.39 is 29.5 Å². The van der Waals surface area contributed by atoms with Gasteiger partial charge in [0.05, 0.1) is 21.9 Å². The summed E-state index contributed by atoms with van der Waals surface area (Å²) in [5.41, 5.74) is 2.67. The van der Waals surface area contributed by atoms with Crippen LogP contribution in [-0.4, -0.2) is 51.2 Å². The number of unbranched alkanes of at least 4 members (excludes halogenated alkanes) is 6. The highest BCUT2D eigenvalue weighted by Crippen LogP contribution is 2.32. The molecule has 1 heterocycles. The Bertz CT molecular complexity index is 1860. The highest BCUT2D eigenvalue weighted by atomic mass is 35.5. The predicted octanol–water partition coefficient (Wildman–Crippen LogP) is 8.72. The molecule has 0 aliphatic rings. The van der Waals surface area contributed by atoms with Crippen molar-refractivity contribution in [3.63, 3.8) is 0 Å². The molecule has 3 rings (SSSR count). The van der Waals surface area contributed by atoms with Gasteiger partial charge in [0, 0.05) is 49.0 Å². The molecule has 0 fully saturated rings. The van der Waals surface area contributed by atoms with Crippen molar-refractivity contribution in [2.24, 2.45) is 15.5 Å². The van der Waals surface area contributed by atoms with Crippen LogP contribution in [0.3, 0.4) is 0 Å². The third-order valence-corrected chi connectivity index (χ3v) is 8.18. The number of rotatable bonds is 19. The van der Waals surface area contributed by atoms with Crippen molar-refractivity contribution in [1.82, 2.24) is 4.57 Å². The van der Waals surface area contributed by atoms with Gasteiger partial charge in [0.25, 0.3) is 0 Å². The summed E-state index contributed by atoms with van der Waals surface area (Å²) >= 11 is 6.80. The summed E-state index contributed by atoms with van der Waals surface area (Å²) in [6.07, 6.45) is 9.18. The first-order valence-electron chi connectivity index (χ1n) is 17.1. The molecule has 13 heteroatoms. The Morgan fingerprint density at radius 1 is 0.647 bits per heavy atom. The van der Waals surface area contributed by atoms with Gasteiger partial charge in [0.2, 0.25) is 11.6 Å². The fourth-order valence-corrected chi connectivity index (χ4v) is 5.54. The van der Waals surface area contributed by atoms with E-state index in [1.165, 1.54) is 20.8 Å². The number of aromatic nitrogens is 1. The summed E-state index contributed by atoms with van der Waals surface area (Å²) in [7, 11) is 0. The van der Waals surface area contributed by atoms with Crippen molar-refractivity contribution in [2.75, 3.05) is 0 Å². The van der Waals surface area contributed by atoms with Crippen molar-refractivity contribution in [2.45, 2.75) is 106 Å². The Morgan fingerprint density at radius 3 is 1.71 bits per heavy atom. The number of carbonyl (C=O) groups is 5. The van der Waals surface area contributed by atoms with Crippen LogP contribution in [0.2, 0.25) is 5.02 Å². The zero-order valence-electron chi connectivity index (χ0n) is 30.0. The van der Waals surface area contributed by atoms with Crippen molar-refractivity contribution >= 4 is 69.1 Å². The number of nitrogens with zero attached hydrogens (tertiary/aromatic N) is 4. The molecule has 2 aromatic carbocycles. The molecular weight excluding hydrogens is 676 g/mol. The van der Waals surface area contributed by atoms with Crippen LogP contribution in [0, 0.1) is 0 Å². The highest BCUT2D eigenvalue weighted by molar-refractivity contribution is 6.48. The summed E-state index contributed by atoms with van der Waals surface area (Å²) in [5, 5.41) is 12.4. The summed E-state index contributed by atoms with van der Waals surface area (Å²) in [6, 6.07) is 10.0. The molecule has 0 unspecified atom stereocenters. The quantitative estimate of drug-likeness (QED) is 0.0391. The van der Waals surface area contributed by atoms with E-state index in [1.807, 2.05) is 0 Å². The van der Waals surface area contributed by atoms with E-state index in [-0.39, 0.29) is 29.0 Å². The molecule has 0 amide bonds. The first-order chi connectivity index (χ1) is 24.4. The minimum Gasteiger partial charge on any atom is -0.318 e. The molecule has 272 valence electrons. The Morgan fingerprint density at radius 2 is 1.18 bits per heavy atom. The summed E-state index contributed by atoms with van der Waals surface area (Å²) in [6.45, 7) is 9.48. The van der Waals surface area contributed by atoms with Gasteiger partial charge in [0.1, 0.15) is 11.4 Å². The summed E-state index contributed by atoms with van der Waals surface area (Å²) < 4.78 is 1.72. The fraction of sp³-hybridized carbons (Fsp3) is 0.421. The van der Waals surface area contributed by atoms with Crippen molar-refractivity contribution in [3.8, 4) is 5.69 Å². The molecule has 0 radical (unpaired) electrons. The number of hydrogen-bond donors (Lipinski definition) is 0. The van der Waals surface area contributed by atoms with Gasteiger partial charge in [-0.1, -0.05) is 85.5 Å². The van der Waals surface area contributed by atoms with Gasteiger partial charge >= 0.3 is 17.9 Å². The van der Waals surface area contributed by atoms with Crippen LogP contribution in [0.25, 0.3) is 16.6 Å². The second-order valence-electron chi connectivity index (χ2n) is 12.1. The molecule has 1 aromatic heterocycles. The molecule has 51 heavy (non-hydrogen) atoms. The van der Waals surface area contributed by atoms with Gasteiger partial charge in [-0.25, -0.2) is 14.4 Å². The zero-order valence-corrected chi connectivity index (χ0v) is 30.8. The topological polar surface area (TPSA) is 155 Å². The van der Waals surface area contributed by atoms with E-state index in [4.69, 9.17) is 26.1 Å². The van der Waals surface area contributed by atoms with Gasteiger partial charge in [-0.2, -0.15) is 0 Å². The Labute approximate surface area is 302 Å². The number of ketones is 2. The monoisotopic (exact) mass is 720 g/mol. The Kier molecular flexibility index (Phi) is 15.9. The van der Waals surface area contributed by atoms with Crippen LogP contribution in [0.1, 0.15) is 132 Å². The summed E-state index contributed by atoms with van der Waals surface area (Å²) in [4.78, 5) is 77.2. The minimum absolute atomic E-state index is 0.0591. The average molecular weight is 721 g/mol. The Balaban J connectivity index is 2.21. The smallest absolute Gasteiger partial charge is 0.318 e. The summed E-state index contributed by atoms with van der Waals surface area (Å²) in [5.74, 6) is -2.80. The number of carbonyl (C=O) groups excluding carboxylic acids is 5. The van der Waals surface area contributed by atoms with Crippen LogP contribution >= 0.6 is 11.6 Å². The van der Waals surface area contributed by atoms with Crippen LogP contribution in [0.5, 0.6) is 0 Å². The van der Waals surface area contributed by atoms with Gasteiger partial charge < -0.3 is 19.1 Å². The lowest BCUT2D eigenvalue weighted by Gasteiger charge is -2.10. The molecule has 12 nitrogen and oxygen atoms in total. The highest BCUT2D eigenvalue weighted by Gasteiger charge is 2.25. The molecule has 0 saturated heterocycles. The van der Waals surface area contributed by atoms with E-state index in [0.717, 1.165) is 38.5 Å². The molecule has 0 spiro atoms. The van der Waals surface area contributed by atoms with Crippen molar-refractivity contribution in [3.05, 3.63) is 64.3 Å². The lowest BCUT2D eigenvalue weighted by Crippen LogP contribution is -2.17. The number of hydrogen-bond acceptors (Lipinski definition) is 11. The normalized spacial score (nSPS) is 12.2. The molecule has 0 atom stereocenters. The van der Waals surface area contributed by atoms with Crippen molar-refractivity contribution < 1.29 is 38.5 Å². The first kappa shape index (κ1) is 40.5. The molecule has 0 N–H and O–H groups in total.